The average Bonchev–Trinajstić information content (AvgIpc) is 2.86. The molecule has 0 aliphatic carbocycles. The Kier molecular flexibility index (Phi) is 4.55. The lowest BCUT2D eigenvalue weighted by Crippen LogP contribution is -2.43. The third-order valence-corrected chi connectivity index (χ3v) is 4.34. The van der Waals surface area contributed by atoms with Crippen molar-refractivity contribution in [3.05, 3.63) is 21.9 Å². The number of thiophene rings is 1. The Labute approximate surface area is 116 Å². The Morgan fingerprint density at radius 3 is 2.68 bits per heavy atom. The van der Waals surface area contributed by atoms with E-state index in [2.05, 4.69) is 5.32 Å². The summed E-state index contributed by atoms with van der Waals surface area (Å²) in [6.07, 6.45) is 1.91. The van der Waals surface area contributed by atoms with E-state index in [9.17, 15) is 9.59 Å². The standard InChI is InChI=1S/C13H18N2O3S/c1-9(16)15-4-2-11(3-5-15)14-7-12-6-10(8-19-12)13(17)18/h6,8,11,14H,2-5,7H2,1H3,(H,17,18). The molecule has 2 rings (SSSR count). The van der Waals surface area contributed by atoms with Gasteiger partial charge in [0.1, 0.15) is 0 Å². The Hall–Kier alpha value is -1.40. The van der Waals surface area contributed by atoms with Gasteiger partial charge in [0.25, 0.3) is 0 Å². The maximum absolute atomic E-state index is 11.2. The number of carboxylic acids is 1. The highest BCUT2D eigenvalue weighted by Gasteiger charge is 2.20. The molecule has 0 atom stereocenters. The Balaban J connectivity index is 1.77. The second-order valence-electron chi connectivity index (χ2n) is 4.77. The third kappa shape index (κ3) is 3.78. The number of carboxylic acid groups (broad SMARTS) is 1. The van der Waals surface area contributed by atoms with E-state index in [4.69, 9.17) is 5.11 Å². The molecule has 5 nitrogen and oxygen atoms in total. The number of carbonyl (C=O) groups excluding carboxylic acids is 1. The maximum Gasteiger partial charge on any atom is 0.336 e. The highest BCUT2D eigenvalue weighted by molar-refractivity contribution is 7.10. The fraction of sp³-hybridized carbons (Fsp3) is 0.538. The van der Waals surface area contributed by atoms with Crippen LogP contribution in [0.3, 0.4) is 0 Å². The summed E-state index contributed by atoms with van der Waals surface area (Å²) >= 11 is 1.46. The number of aromatic carboxylic acids is 1. The summed E-state index contributed by atoms with van der Waals surface area (Å²) in [6, 6.07) is 2.12. The number of hydrogen-bond donors (Lipinski definition) is 2. The fourth-order valence-corrected chi connectivity index (χ4v) is 3.04. The van der Waals surface area contributed by atoms with Crippen molar-refractivity contribution in [2.24, 2.45) is 0 Å². The molecule has 6 heteroatoms. The van der Waals surface area contributed by atoms with Crippen LogP contribution in [0.25, 0.3) is 0 Å². The van der Waals surface area contributed by atoms with Crippen LogP contribution in [0.2, 0.25) is 0 Å². The molecule has 1 aliphatic rings. The van der Waals surface area contributed by atoms with Gasteiger partial charge < -0.3 is 15.3 Å². The van der Waals surface area contributed by atoms with Gasteiger partial charge in [-0.3, -0.25) is 4.79 Å². The highest BCUT2D eigenvalue weighted by Crippen LogP contribution is 2.16. The van der Waals surface area contributed by atoms with Crippen LogP contribution in [-0.4, -0.2) is 41.0 Å². The van der Waals surface area contributed by atoms with Crippen molar-refractivity contribution in [2.45, 2.75) is 32.4 Å². The minimum atomic E-state index is -0.878. The van der Waals surface area contributed by atoms with Gasteiger partial charge >= 0.3 is 5.97 Å². The molecule has 0 unspecified atom stereocenters. The average molecular weight is 282 g/mol. The first-order chi connectivity index (χ1) is 9.06. The second kappa shape index (κ2) is 6.16. The Morgan fingerprint density at radius 1 is 1.47 bits per heavy atom. The molecule has 0 radical (unpaired) electrons. The predicted molar refractivity (Wildman–Crippen MR) is 73.4 cm³/mol. The van der Waals surface area contributed by atoms with Crippen molar-refractivity contribution in [2.75, 3.05) is 13.1 Å². The molecule has 0 aromatic carbocycles. The minimum Gasteiger partial charge on any atom is -0.478 e. The lowest BCUT2D eigenvalue weighted by molar-refractivity contribution is -0.129. The highest BCUT2D eigenvalue weighted by atomic mass is 32.1. The zero-order valence-corrected chi connectivity index (χ0v) is 11.7. The lowest BCUT2D eigenvalue weighted by atomic mass is 10.1. The fourth-order valence-electron chi connectivity index (χ4n) is 2.23. The lowest BCUT2D eigenvalue weighted by Gasteiger charge is -2.31. The van der Waals surface area contributed by atoms with Crippen LogP contribution < -0.4 is 5.32 Å². The number of amides is 1. The molecule has 1 aromatic heterocycles. The van der Waals surface area contributed by atoms with Crippen LogP contribution in [0.1, 0.15) is 35.0 Å². The number of hydrogen-bond acceptors (Lipinski definition) is 4. The van der Waals surface area contributed by atoms with Crippen LogP contribution >= 0.6 is 11.3 Å². The number of rotatable bonds is 4. The molecule has 0 bridgehead atoms. The van der Waals surface area contributed by atoms with E-state index in [1.165, 1.54) is 11.3 Å². The first kappa shape index (κ1) is 14.0. The molecule has 1 fully saturated rings. The van der Waals surface area contributed by atoms with Crippen LogP contribution in [0.5, 0.6) is 0 Å². The number of nitrogens with zero attached hydrogens (tertiary/aromatic N) is 1. The van der Waals surface area contributed by atoms with Gasteiger partial charge in [0.05, 0.1) is 5.56 Å². The van der Waals surface area contributed by atoms with E-state index < -0.39 is 5.97 Å². The summed E-state index contributed by atoms with van der Waals surface area (Å²) in [5.74, 6) is -0.736. The molecule has 19 heavy (non-hydrogen) atoms. The molecular formula is C13H18N2O3S. The van der Waals surface area contributed by atoms with Gasteiger partial charge in [-0.2, -0.15) is 0 Å². The maximum atomic E-state index is 11.2. The molecule has 2 heterocycles. The van der Waals surface area contributed by atoms with Gasteiger partial charge in [-0.05, 0) is 18.9 Å². The first-order valence-electron chi connectivity index (χ1n) is 6.36. The first-order valence-corrected chi connectivity index (χ1v) is 7.24. The van der Waals surface area contributed by atoms with Crippen LogP contribution in [-0.2, 0) is 11.3 Å². The van der Waals surface area contributed by atoms with E-state index in [-0.39, 0.29) is 5.91 Å². The van der Waals surface area contributed by atoms with Crippen molar-refractivity contribution in [3.63, 3.8) is 0 Å². The Morgan fingerprint density at radius 2 is 2.16 bits per heavy atom. The molecule has 1 amide bonds. The van der Waals surface area contributed by atoms with Gasteiger partial charge in [-0.15, -0.1) is 11.3 Å². The van der Waals surface area contributed by atoms with Crippen LogP contribution in [0.4, 0.5) is 0 Å². The van der Waals surface area contributed by atoms with Crippen molar-refractivity contribution in [1.82, 2.24) is 10.2 Å². The van der Waals surface area contributed by atoms with Crippen molar-refractivity contribution in [3.8, 4) is 0 Å². The normalized spacial score (nSPS) is 16.6. The molecule has 0 spiro atoms. The van der Waals surface area contributed by atoms with Gasteiger partial charge in [-0.25, -0.2) is 4.79 Å². The quantitative estimate of drug-likeness (QED) is 0.879. The van der Waals surface area contributed by atoms with Crippen molar-refractivity contribution in [1.29, 1.82) is 0 Å². The van der Waals surface area contributed by atoms with E-state index in [1.54, 1.807) is 18.4 Å². The monoisotopic (exact) mass is 282 g/mol. The SMILES string of the molecule is CC(=O)N1CCC(NCc2cc(C(=O)O)cs2)CC1. The van der Waals surface area contributed by atoms with E-state index in [0.29, 0.717) is 18.2 Å². The topological polar surface area (TPSA) is 69.6 Å². The van der Waals surface area contributed by atoms with Gasteiger partial charge in [-0.1, -0.05) is 0 Å². The summed E-state index contributed by atoms with van der Waals surface area (Å²) in [5.41, 5.74) is 0.355. The number of nitrogens with one attached hydrogen (secondary N) is 1. The summed E-state index contributed by atoms with van der Waals surface area (Å²) in [7, 11) is 0. The van der Waals surface area contributed by atoms with Gasteiger partial charge in [0.2, 0.25) is 5.91 Å². The zero-order chi connectivity index (χ0) is 13.8. The van der Waals surface area contributed by atoms with E-state index in [0.717, 1.165) is 30.8 Å². The molecule has 1 saturated heterocycles. The predicted octanol–water partition coefficient (Wildman–Crippen LogP) is 1.55. The van der Waals surface area contributed by atoms with Crippen LogP contribution in [0, 0.1) is 0 Å². The van der Waals surface area contributed by atoms with Crippen molar-refractivity contribution >= 4 is 23.2 Å². The summed E-state index contributed by atoms with van der Waals surface area (Å²) in [6.45, 7) is 3.91. The largest absolute Gasteiger partial charge is 0.478 e. The molecule has 2 N–H and O–H groups in total. The molecule has 104 valence electrons. The molecule has 1 aliphatic heterocycles. The number of piperidine rings is 1. The Bertz CT molecular complexity index is 464. The molecule has 1 aromatic rings. The van der Waals surface area contributed by atoms with Gasteiger partial charge in [0.15, 0.2) is 0 Å². The third-order valence-electron chi connectivity index (χ3n) is 3.41. The smallest absolute Gasteiger partial charge is 0.336 e. The van der Waals surface area contributed by atoms with E-state index in [1.807, 2.05) is 4.90 Å². The van der Waals surface area contributed by atoms with Gasteiger partial charge in [0, 0.05) is 42.9 Å². The summed E-state index contributed by atoms with van der Waals surface area (Å²) in [5, 5.41) is 13.9. The number of likely N-dealkylation sites (tertiary alicyclic amines) is 1. The minimum absolute atomic E-state index is 0.141. The molecular weight excluding hydrogens is 264 g/mol. The second-order valence-corrected chi connectivity index (χ2v) is 5.76. The summed E-state index contributed by atoms with van der Waals surface area (Å²) < 4.78 is 0. The summed E-state index contributed by atoms with van der Waals surface area (Å²) in [4.78, 5) is 24.9. The zero-order valence-electron chi connectivity index (χ0n) is 10.9. The molecule has 0 saturated carbocycles. The van der Waals surface area contributed by atoms with Crippen molar-refractivity contribution < 1.29 is 14.7 Å². The number of carbonyl (C=O) groups is 2. The van der Waals surface area contributed by atoms with E-state index >= 15 is 0 Å². The van der Waals surface area contributed by atoms with Crippen LogP contribution in [0.15, 0.2) is 11.4 Å².